The molecule has 0 aliphatic carbocycles. The van der Waals surface area contributed by atoms with Gasteiger partial charge >= 0.3 is 5.63 Å². The second-order valence-corrected chi connectivity index (χ2v) is 5.77. The zero-order valence-electron chi connectivity index (χ0n) is 10.7. The highest BCUT2D eigenvalue weighted by Crippen LogP contribution is 2.42. The summed E-state index contributed by atoms with van der Waals surface area (Å²) in [6, 6.07) is 2.06. The van der Waals surface area contributed by atoms with E-state index >= 15 is 0 Å². The van der Waals surface area contributed by atoms with Gasteiger partial charge in [0.1, 0.15) is 17.0 Å². The van der Waals surface area contributed by atoms with Gasteiger partial charge in [0, 0.05) is 26.9 Å². The Morgan fingerprint density at radius 3 is 2.84 bits per heavy atom. The predicted molar refractivity (Wildman–Crippen MR) is 83.5 cm³/mol. The first-order valence-corrected chi connectivity index (χ1v) is 7.62. The van der Waals surface area contributed by atoms with Crippen LogP contribution in [0.2, 0.25) is 0 Å². The standard InChI is InChI=1S/C14H14INO3/c1-6-9-3-10-8(4-15)5-18-12(10)7(2)13(9)19-14(17)11(6)16/h3,8H,4-5,16H2,1-2H3. The van der Waals surface area contributed by atoms with E-state index in [2.05, 4.69) is 28.7 Å². The molecule has 0 fully saturated rings. The fourth-order valence-electron chi connectivity index (χ4n) is 2.56. The van der Waals surface area contributed by atoms with Gasteiger partial charge in [-0.1, -0.05) is 22.6 Å². The van der Waals surface area contributed by atoms with Crippen LogP contribution in [0.25, 0.3) is 11.0 Å². The van der Waals surface area contributed by atoms with E-state index in [0.717, 1.165) is 26.7 Å². The molecule has 0 radical (unpaired) electrons. The van der Waals surface area contributed by atoms with Crippen molar-refractivity contribution in [3.8, 4) is 5.75 Å². The normalized spacial score (nSPS) is 17.5. The average Bonchev–Trinajstić information content (AvgIpc) is 2.81. The number of ether oxygens (including phenoxy) is 1. The summed E-state index contributed by atoms with van der Waals surface area (Å²) in [6.07, 6.45) is 0. The van der Waals surface area contributed by atoms with Crippen LogP contribution in [-0.2, 0) is 0 Å². The Hall–Kier alpha value is -1.24. The molecular weight excluding hydrogens is 357 g/mol. The van der Waals surface area contributed by atoms with Crippen molar-refractivity contribution in [2.45, 2.75) is 19.8 Å². The van der Waals surface area contributed by atoms with Crippen LogP contribution < -0.4 is 16.1 Å². The molecule has 1 aromatic heterocycles. The Labute approximate surface area is 124 Å². The zero-order chi connectivity index (χ0) is 13.7. The summed E-state index contributed by atoms with van der Waals surface area (Å²) in [6.45, 7) is 4.47. The number of fused-ring (bicyclic) bond motifs is 2. The first kappa shape index (κ1) is 12.8. The lowest BCUT2D eigenvalue weighted by atomic mass is 9.96. The molecule has 1 unspecified atom stereocenters. The molecule has 5 heteroatoms. The minimum Gasteiger partial charge on any atom is -0.492 e. The third-order valence-corrected chi connectivity index (χ3v) is 4.83. The van der Waals surface area contributed by atoms with Crippen molar-refractivity contribution < 1.29 is 9.15 Å². The van der Waals surface area contributed by atoms with Gasteiger partial charge in [-0.15, -0.1) is 0 Å². The smallest absolute Gasteiger partial charge is 0.359 e. The van der Waals surface area contributed by atoms with Gasteiger partial charge in [0.15, 0.2) is 0 Å². The quantitative estimate of drug-likeness (QED) is 0.476. The number of benzene rings is 1. The number of nitrogen functional groups attached to an aromatic ring is 1. The summed E-state index contributed by atoms with van der Waals surface area (Å²) in [5.74, 6) is 1.26. The summed E-state index contributed by atoms with van der Waals surface area (Å²) in [7, 11) is 0. The van der Waals surface area contributed by atoms with E-state index in [9.17, 15) is 4.79 Å². The highest BCUT2D eigenvalue weighted by atomic mass is 127. The van der Waals surface area contributed by atoms with Crippen molar-refractivity contribution in [1.82, 2.24) is 0 Å². The molecule has 2 heterocycles. The van der Waals surface area contributed by atoms with E-state index in [1.54, 1.807) is 0 Å². The molecule has 1 atom stereocenters. The molecule has 0 saturated carbocycles. The van der Waals surface area contributed by atoms with Gasteiger partial charge in [-0.25, -0.2) is 4.79 Å². The first-order valence-electron chi connectivity index (χ1n) is 6.09. The monoisotopic (exact) mass is 371 g/mol. The number of halogens is 1. The van der Waals surface area contributed by atoms with Crippen LogP contribution in [0.5, 0.6) is 5.75 Å². The van der Waals surface area contributed by atoms with Crippen molar-refractivity contribution in [1.29, 1.82) is 0 Å². The van der Waals surface area contributed by atoms with Gasteiger partial charge < -0.3 is 14.9 Å². The summed E-state index contributed by atoms with van der Waals surface area (Å²) >= 11 is 2.36. The molecule has 19 heavy (non-hydrogen) atoms. The molecule has 0 spiro atoms. The SMILES string of the molecule is Cc1c(N)c(=O)oc2c(C)c3c(cc12)C(CI)CO3. The number of hydrogen-bond donors (Lipinski definition) is 1. The summed E-state index contributed by atoms with van der Waals surface area (Å²) in [4.78, 5) is 11.7. The van der Waals surface area contributed by atoms with Gasteiger partial charge in [-0.2, -0.15) is 0 Å². The van der Waals surface area contributed by atoms with Gasteiger partial charge in [0.05, 0.1) is 6.61 Å². The molecule has 2 N–H and O–H groups in total. The zero-order valence-corrected chi connectivity index (χ0v) is 12.9. The van der Waals surface area contributed by atoms with E-state index < -0.39 is 5.63 Å². The second kappa shape index (κ2) is 4.40. The Balaban J connectivity index is 2.43. The molecule has 0 amide bonds. The van der Waals surface area contributed by atoms with Gasteiger partial charge in [0.25, 0.3) is 0 Å². The van der Waals surface area contributed by atoms with Crippen LogP contribution in [-0.4, -0.2) is 11.0 Å². The summed E-state index contributed by atoms with van der Waals surface area (Å²) in [5, 5.41) is 0.911. The molecule has 1 aliphatic rings. The number of rotatable bonds is 1. The van der Waals surface area contributed by atoms with Crippen molar-refractivity contribution in [2.24, 2.45) is 0 Å². The van der Waals surface area contributed by atoms with E-state index in [0.29, 0.717) is 18.1 Å². The lowest BCUT2D eigenvalue weighted by Crippen LogP contribution is -2.09. The maximum atomic E-state index is 11.7. The van der Waals surface area contributed by atoms with Crippen LogP contribution in [0.1, 0.15) is 22.6 Å². The highest BCUT2D eigenvalue weighted by molar-refractivity contribution is 14.1. The number of alkyl halides is 1. The third-order valence-electron chi connectivity index (χ3n) is 3.77. The molecule has 1 aliphatic heterocycles. The van der Waals surface area contributed by atoms with E-state index in [4.69, 9.17) is 14.9 Å². The number of nitrogens with two attached hydrogens (primary N) is 1. The lowest BCUT2D eigenvalue weighted by Gasteiger charge is -2.11. The van der Waals surface area contributed by atoms with Crippen LogP contribution in [0.15, 0.2) is 15.3 Å². The maximum Gasteiger partial charge on any atom is 0.359 e. The second-order valence-electron chi connectivity index (χ2n) is 4.89. The third kappa shape index (κ3) is 1.74. The molecule has 0 saturated heterocycles. The Kier molecular flexibility index (Phi) is 2.96. The number of hydrogen-bond acceptors (Lipinski definition) is 4. The van der Waals surface area contributed by atoms with Gasteiger partial charge in [-0.05, 0) is 25.5 Å². The Morgan fingerprint density at radius 2 is 2.16 bits per heavy atom. The van der Waals surface area contributed by atoms with E-state index in [1.807, 2.05) is 13.8 Å². The Bertz CT molecular complexity index is 736. The predicted octanol–water partition coefficient (Wildman–Crippen LogP) is 2.90. The molecule has 4 nitrogen and oxygen atoms in total. The van der Waals surface area contributed by atoms with Crippen LogP contribution in [0, 0.1) is 13.8 Å². The van der Waals surface area contributed by atoms with E-state index in [1.165, 1.54) is 5.56 Å². The van der Waals surface area contributed by atoms with Crippen LogP contribution >= 0.6 is 22.6 Å². The average molecular weight is 371 g/mol. The summed E-state index contributed by atoms with van der Waals surface area (Å²) in [5.41, 5.74) is 8.94. The Morgan fingerprint density at radius 1 is 1.42 bits per heavy atom. The molecule has 2 aromatic rings. The van der Waals surface area contributed by atoms with Gasteiger partial charge in [0.2, 0.25) is 0 Å². The van der Waals surface area contributed by atoms with Crippen molar-refractivity contribution in [2.75, 3.05) is 16.8 Å². The minimum absolute atomic E-state index is 0.191. The van der Waals surface area contributed by atoms with Crippen molar-refractivity contribution in [3.05, 3.63) is 33.2 Å². The first-order chi connectivity index (χ1) is 9.04. The number of anilines is 1. The fourth-order valence-corrected chi connectivity index (χ4v) is 3.29. The highest BCUT2D eigenvalue weighted by Gasteiger charge is 2.27. The molecule has 100 valence electrons. The molecule has 1 aromatic carbocycles. The van der Waals surface area contributed by atoms with Crippen molar-refractivity contribution >= 4 is 39.2 Å². The minimum atomic E-state index is -0.475. The summed E-state index contributed by atoms with van der Waals surface area (Å²) < 4.78 is 12.1. The lowest BCUT2D eigenvalue weighted by molar-refractivity contribution is 0.337. The number of aryl methyl sites for hydroxylation is 2. The van der Waals surface area contributed by atoms with Crippen LogP contribution in [0.4, 0.5) is 5.69 Å². The maximum absolute atomic E-state index is 11.7. The molecule has 0 bridgehead atoms. The topological polar surface area (TPSA) is 65.5 Å². The fraction of sp³-hybridized carbons (Fsp3) is 0.357. The van der Waals surface area contributed by atoms with Gasteiger partial charge in [-0.3, -0.25) is 0 Å². The molecular formula is C14H14INO3. The molecule has 3 rings (SSSR count). The van der Waals surface area contributed by atoms with Crippen molar-refractivity contribution in [3.63, 3.8) is 0 Å². The largest absolute Gasteiger partial charge is 0.492 e. The van der Waals surface area contributed by atoms with E-state index in [-0.39, 0.29) is 5.69 Å². The van der Waals surface area contributed by atoms with Crippen LogP contribution in [0.3, 0.4) is 0 Å².